The van der Waals surface area contributed by atoms with Gasteiger partial charge in [-0.1, -0.05) is 65.0 Å². The standard InChI is InChI=1S/C18H14ClN3O3S2/c1-25-15-8-7-12(19)9-13(15)16(24)20-17-21-22-18(27-17)26-10-14(23)11-5-3-2-4-6-11/h2-9H,10H2,1H3,(H,20,21,24). The van der Waals surface area contributed by atoms with E-state index in [9.17, 15) is 9.59 Å². The quantitative estimate of drug-likeness (QED) is 0.346. The summed E-state index contributed by atoms with van der Waals surface area (Å²) in [7, 11) is 1.48. The van der Waals surface area contributed by atoms with Gasteiger partial charge in [0.15, 0.2) is 10.1 Å². The van der Waals surface area contributed by atoms with Crippen LogP contribution in [0.1, 0.15) is 20.7 Å². The van der Waals surface area contributed by atoms with Gasteiger partial charge in [0.1, 0.15) is 5.75 Å². The van der Waals surface area contributed by atoms with Crippen LogP contribution >= 0.6 is 34.7 Å². The van der Waals surface area contributed by atoms with Crippen molar-refractivity contribution in [2.24, 2.45) is 0 Å². The van der Waals surface area contributed by atoms with Crippen LogP contribution in [0.25, 0.3) is 0 Å². The van der Waals surface area contributed by atoms with E-state index in [1.807, 2.05) is 18.2 Å². The zero-order valence-corrected chi connectivity index (χ0v) is 16.5. The average molecular weight is 420 g/mol. The fourth-order valence-electron chi connectivity index (χ4n) is 2.18. The van der Waals surface area contributed by atoms with Crippen LogP contribution in [0.5, 0.6) is 5.75 Å². The third-order valence-corrected chi connectivity index (χ3v) is 5.66. The number of aromatic nitrogens is 2. The number of carbonyl (C=O) groups is 2. The molecule has 3 aromatic rings. The zero-order valence-electron chi connectivity index (χ0n) is 14.1. The minimum atomic E-state index is -0.401. The Balaban J connectivity index is 1.62. The smallest absolute Gasteiger partial charge is 0.261 e. The third-order valence-electron chi connectivity index (χ3n) is 3.46. The molecule has 0 aliphatic heterocycles. The maximum atomic E-state index is 12.4. The monoisotopic (exact) mass is 419 g/mol. The number of nitrogens with one attached hydrogen (secondary N) is 1. The highest BCUT2D eigenvalue weighted by atomic mass is 35.5. The molecular weight excluding hydrogens is 406 g/mol. The van der Waals surface area contributed by atoms with Crippen molar-refractivity contribution in [1.82, 2.24) is 10.2 Å². The Morgan fingerprint density at radius 1 is 1.19 bits per heavy atom. The molecule has 3 rings (SSSR count). The van der Waals surface area contributed by atoms with Gasteiger partial charge in [0.2, 0.25) is 5.13 Å². The number of carbonyl (C=O) groups excluding carboxylic acids is 2. The fourth-order valence-corrected chi connectivity index (χ4v) is 3.99. The van der Waals surface area contributed by atoms with Gasteiger partial charge in [0.05, 0.1) is 18.4 Å². The molecule has 0 aliphatic carbocycles. The SMILES string of the molecule is COc1ccc(Cl)cc1C(=O)Nc1nnc(SCC(=O)c2ccccc2)s1. The number of hydrogen-bond donors (Lipinski definition) is 1. The summed E-state index contributed by atoms with van der Waals surface area (Å²) < 4.78 is 5.77. The maximum absolute atomic E-state index is 12.4. The molecule has 1 N–H and O–H groups in total. The van der Waals surface area contributed by atoms with Crippen molar-refractivity contribution in [2.45, 2.75) is 4.34 Å². The lowest BCUT2D eigenvalue weighted by molar-refractivity contribution is 0.101. The number of rotatable bonds is 7. The summed E-state index contributed by atoms with van der Waals surface area (Å²) >= 11 is 8.42. The number of methoxy groups -OCH3 is 1. The van der Waals surface area contributed by atoms with Crippen molar-refractivity contribution >= 4 is 51.5 Å². The number of ketones is 1. The Kier molecular flexibility index (Phi) is 6.44. The fraction of sp³-hybridized carbons (Fsp3) is 0.111. The first-order valence-corrected chi connectivity index (χ1v) is 9.94. The van der Waals surface area contributed by atoms with Crippen LogP contribution in [0.4, 0.5) is 5.13 Å². The molecule has 0 bridgehead atoms. The number of hydrogen-bond acceptors (Lipinski definition) is 7. The van der Waals surface area contributed by atoms with Crippen LogP contribution in [0.2, 0.25) is 5.02 Å². The minimum Gasteiger partial charge on any atom is -0.496 e. The van der Waals surface area contributed by atoms with Crippen molar-refractivity contribution in [3.05, 3.63) is 64.7 Å². The second-order valence-electron chi connectivity index (χ2n) is 5.25. The van der Waals surface area contributed by atoms with Crippen molar-refractivity contribution in [1.29, 1.82) is 0 Å². The Bertz CT molecular complexity index is 963. The minimum absolute atomic E-state index is 0.00468. The lowest BCUT2D eigenvalue weighted by Gasteiger charge is -2.07. The van der Waals surface area contributed by atoms with Crippen LogP contribution in [0, 0.1) is 0 Å². The van der Waals surface area contributed by atoms with Gasteiger partial charge in [-0.2, -0.15) is 0 Å². The molecule has 9 heteroatoms. The second kappa shape index (κ2) is 8.98. The predicted molar refractivity (Wildman–Crippen MR) is 107 cm³/mol. The highest BCUT2D eigenvalue weighted by molar-refractivity contribution is 8.01. The summed E-state index contributed by atoms with van der Waals surface area (Å²) in [6, 6.07) is 13.8. The summed E-state index contributed by atoms with van der Waals surface area (Å²) in [6.45, 7) is 0. The molecule has 1 aromatic heterocycles. The number of anilines is 1. The van der Waals surface area contributed by atoms with Gasteiger partial charge in [-0.3, -0.25) is 14.9 Å². The van der Waals surface area contributed by atoms with E-state index in [1.165, 1.54) is 36.3 Å². The average Bonchev–Trinajstić information content (AvgIpc) is 3.14. The largest absolute Gasteiger partial charge is 0.496 e. The van der Waals surface area contributed by atoms with Crippen LogP contribution in [-0.2, 0) is 0 Å². The zero-order chi connectivity index (χ0) is 19.2. The summed E-state index contributed by atoms with van der Waals surface area (Å²) in [6.07, 6.45) is 0. The predicted octanol–water partition coefficient (Wildman–Crippen LogP) is 4.43. The Labute approximate surface area is 168 Å². The van der Waals surface area contributed by atoms with Crippen LogP contribution in [0.15, 0.2) is 52.9 Å². The van der Waals surface area contributed by atoms with Crippen LogP contribution in [-0.4, -0.2) is 34.8 Å². The van der Waals surface area contributed by atoms with Gasteiger partial charge in [-0.15, -0.1) is 10.2 Å². The molecule has 1 amide bonds. The lowest BCUT2D eigenvalue weighted by atomic mass is 10.2. The number of amides is 1. The number of ether oxygens (including phenoxy) is 1. The van der Waals surface area contributed by atoms with Gasteiger partial charge >= 0.3 is 0 Å². The van der Waals surface area contributed by atoms with E-state index in [4.69, 9.17) is 16.3 Å². The van der Waals surface area contributed by atoms with E-state index < -0.39 is 5.91 Å². The second-order valence-corrected chi connectivity index (χ2v) is 7.89. The molecule has 27 heavy (non-hydrogen) atoms. The van der Waals surface area contributed by atoms with Crippen molar-refractivity contribution in [3.63, 3.8) is 0 Å². The van der Waals surface area contributed by atoms with Crippen molar-refractivity contribution in [2.75, 3.05) is 18.2 Å². The first-order chi connectivity index (χ1) is 13.1. The van der Waals surface area contributed by atoms with E-state index in [0.717, 1.165) is 0 Å². The molecule has 0 aliphatic rings. The summed E-state index contributed by atoms with van der Waals surface area (Å²) in [4.78, 5) is 24.6. The molecule has 0 spiro atoms. The topological polar surface area (TPSA) is 81.2 Å². The molecule has 0 unspecified atom stereocenters. The number of benzene rings is 2. The molecule has 0 saturated carbocycles. The molecular formula is C18H14ClN3O3S2. The van der Waals surface area contributed by atoms with Crippen molar-refractivity contribution in [3.8, 4) is 5.75 Å². The number of halogens is 1. The summed E-state index contributed by atoms with van der Waals surface area (Å²) in [5.41, 5.74) is 0.949. The molecule has 0 saturated heterocycles. The third kappa shape index (κ3) is 5.06. The van der Waals surface area contributed by atoms with E-state index in [2.05, 4.69) is 15.5 Å². The van der Waals surface area contributed by atoms with Gasteiger partial charge in [0.25, 0.3) is 5.91 Å². The van der Waals surface area contributed by atoms with Crippen LogP contribution < -0.4 is 10.1 Å². The first-order valence-electron chi connectivity index (χ1n) is 7.76. The molecule has 0 atom stereocenters. The molecule has 0 fully saturated rings. The molecule has 2 aromatic carbocycles. The van der Waals surface area contributed by atoms with Gasteiger partial charge in [-0.05, 0) is 18.2 Å². The maximum Gasteiger partial charge on any atom is 0.261 e. The van der Waals surface area contributed by atoms with Crippen LogP contribution in [0.3, 0.4) is 0 Å². The number of thioether (sulfide) groups is 1. The van der Waals surface area contributed by atoms with E-state index in [0.29, 0.717) is 31.4 Å². The van der Waals surface area contributed by atoms with E-state index in [1.54, 1.807) is 24.3 Å². The molecule has 0 radical (unpaired) electrons. The first kappa shape index (κ1) is 19.3. The van der Waals surface area contributed by atoms with Crippen molar-refractivity contribution < 1.29 is 14.3 Å². The number of nitrogens with zero attached hydrogens (tertiary/aromatic N) is 2. The lowest BCUT2D eigenvalue weighted by Crippen LogP contribution is -2.13. The summed E-state index contributed by atoms with van der Waals surface area (Å²) in [5.74, 6) is 0.256. The Hall–Kier alpha value is -2.42. The van der Waals surface area contributed by atoms with Gasteiger partial charge in [-0.25, -0.2) is 0 Å². The summed E-state index contributed by atoms with van der Waals surface area (Å²) in [5, 5.41) is 11.4. The van der Waals surface area contributed by atoms with Gasteiger partial charge < -0.3 is 4.74 Å². The van der Waals surface area contributed by atoms with Gasteiger partial charge in [0, 0.05) is 10.6 Å². The molecule has 1 heterocycles. The molecule has 6 nitrogen and oxygen atoms in total. The molecule has 138 valence electrons. The highest BCUT2D eigenvalue weighted by Crippen LogP contribution is 2.28. The Morgan fingerprint density at radius 2 is 1.96 bits per heavy atom. The number of Topliss-reactive ketones (excluding diaryl/α,β-unsaturated/α-hetero) is 1. The van der Waals surface area contributed by atoms with E-state index >= 15 is 0 Å². The highest BCUT2D eigenvalue weighted by Gasteiger charge is 2.16. The Morgan fingerprint density at radius 3 is 2.70 bits per heavy atom. The van der Waals surface area contributed by atoms with E-state index in [-0.39, 0.29) is 11.5 Å². The normalized spacial score (nSPS) is 10.4.